The number of carbonyl (C=O) groups is 1. The van der Waals surface area contributed by atoms with Crippen molar-refractivity contribution < 1.29 is 26.4 Å². The molecule has 1 amide bonds. The van der Waals surface area contributed by atoms with Crippen molar-refractivity contribution in [1.29, 1.82) is 0 Å². The Kier molecular flexibility index (Phi) is 8.53. The van der Waals surface area contributed by atoms with Gasteiger partial charge in [-0.2, -0.15) is 13.2 Å². The Bertz CT molecular complexity index is 1360. The molecule has 4 rings (SSSR count). The summed E-state index contributed by atoms with van der Waals surface area (Å²) in [5.41, 5.74) is -0.120. The second-order valence-electron chi connectivity index (χ2n) is 8.87. The molecule has 0 atom stereocenters. The summed E-state index contributed by atoms with van der Waals surface area (Å²) in [6, 6.07) is 21.3. The molecule has 1 fully saturated rings. The number of alkyl halides is 3. The number of hydrogen-bond acceptors (Lipinski definition) is 4. The molecule has 0 N–H and O–H groups in total. The summed E-state index contributed by atoms with van der Waals surface area (Å²) >= 11 is 0. The van der Waals surface area contributed by atoms with Gasteiger partial charge in [-0.25, -0.2) is 8.42 Å². The topological polar surface area (TPSA) is 60.9 Å². The van der Waals surface area contributed by atoms with Crippen LogP contribution >= 0.6 is 0 Å². The van der Waals surface area contributed by atoms with Crippen molar-refractivity contribution in [3.63, 3.8) is 0 Å². The Morgan fingerprint density at radius 2 is 1.50 bits per heavy atom. The second-order valence-corrected chi connectivity index (χ2v) is 10.7. The molecule has 0 aromatic heterocycles. The van der Waals surface area contributed by atoms with Gasteiger partial charge in [0.2, 0.25) is 5.91 Å². The molecule has 1 aliphatic rings. The smallest absolute Gasteiger partial charge is 0.339 e. The van der Waals surface area contributed by atoms with Gasteiger partial charge in [0.05, 0.1) is 16.1 Å². The number of halogens is 3. The molecular weight excluding hydrogens is 515 g/mol. The minimum atomic E-state index is -4.66. The zero-order valence-corrected chi connectivity index (χ0v) is 21.4. The van der Waals surface area contributed by atoms with Crippen LogP contribution in [0.25, 0.3) is 6.08 Å². The lowest BCUT2D eigenvalue weighted by atomic mass is 10.2. The molecule has 0 saturated carbocycles. The molecule has 0 bridgehead atoms. The first kappa shape index (κ1) is 27.4. The molecule has 200 valence electrons. The van der Waals surface area contributed by atoms with Gasteiger partial charge in [0.15, 0.2) is 0 Å². The van der Waals surface area contributed by atoms with E-state index in [1.54, 1.807) is 11.0 Å². The van der Waals surface area contributed by atoms with Crippen LogP contribution in [0.5, 0.6) is 0 Å². The van der Waals surface area contributed by atoms with Crippen molar-refractivity contribution in [3.05, 3.63) is 102 Å². The van der Waals surface area contributed by atoms with Crippen LogP contribution in [0.2, 0.25) is 0 Å². The van der Waals surface area contributed by atoms with Gasteiger partial charge in [-0.05, 0) is 35.9 Å². The molecule has 1 saturated heterocycles. The van der Waals surface area contributed by atoms with Crippen molar-refractivity contribution in [3.8, 4) is 0 Å². The van der Waals surface area contributed by atoms with Crippen molar-refractivity contribution in [1.82, 2.24) is 9.80 Å². The van der Waals surface area contributed by atoms with E-state index in [0.717, 1.165) is 28.1 Å². The van der Waals surface area contributed by atoms with Crippen LogP contribution in [0, 0.1) is 0 Å². The molecule has 3 aromatic carbocycles. The van der Waals surface area contributed by atoms with E-state index < -0.39 is 34.2 Å². The Morgan fingerprint density at radius 3 is 2.13 bits per heavy atom. The monoisotopic (exact) mass is 543 g/mol. The van der Waals surface area contributed by atoms with Crippen molar-refractivity contribution in [2.75, 3.05) is 43.6 Å². The van der Waals surface area contributed by atoms with Crippen LogP contribution in [0.1, 0.15) is 11.1 Å². The third-order valence-electron chi connectivity index (χ3n) is 6.27. The minimum Gasteiger partial charge on any atom is -0.339 e. The first-order chi connectivity index (χ1) is 18.1. The summed E-state index contributed by atoms with van der Waals surface area (Å²) < 4.78 is 67.8. The van der Waals surface area contributed by atoms with Gasteiger partial charge in [0.1, 0.15) is 6.54 Å². The molecule has 3 aromatic rings. The maximum atomic E-state index is 13.5. The van der Waals surface area contributed by atoms with E-state index in [1.807, 2.05) is 36.4 Å². The van der Waals surface area contributed by atoms with Crippen molar-refractivity contribution in [2.45, 2.75) is 11.1 Å². The summed E-state index contributed by atoms with van der Waals surface area (Å²) in [6.45, 7) is 2.07. The van der Waals surface area contributed by atoms with Crippen molar-refractivity contribution >= 4 is 27.7 Å². The van der Waals surface area contributed by atoms with Crippen LogP contribution < -0.4 is 4.31 Å². The lowest BCUT2D eigenvalue weighted by molar-refractivity contribution is -0.137. The summed E-state index contributed by atoms with van der Waals surface area (Å²) in [5.74, 6) is -0.471. The molecule has 1 heterocycles. The van der Waals surface area contributed by atoms with Gasteiger partial charge in [-0.1, -0.05) is 66.7 Å². The molecule has 0 unspecified atom stereocenters. The molecule has 1 aliphatic heterocycles. The van der Waals surface area contributed by atoms with Gasteiger partial charge in [0.25, 0.3) is 10.0 Å². The maximum absolute atomic E-state index is 13.5. The Hall–Kier alpha value is -3.63. The number of anilines is 1. The Morgan fingerprint density at radius 1 is 0.868 bits per heavy atom. The molecule has 0 aliphatic carbocycles. The molecular formula is C28H28F3N3O3S. The number of carbonyl (C=O) groups excluding carboxylic acids is 1. The highest BCUT2D eigenvalue weighted by atomic mass is 32.2. The van der Waals surface area contributed by atoms with Gasteiger partial charge in [0, 0.05) is 32.7 Å². The Balaban J connectivity index is 1.47. The second kappa shape index (κ2) is 11.8. The fourth-order valence-electron chi connectivity index (χ4n) is 4.18. The van der Waals surface area contributed by atoms with Crippen LogP contribution in [0.4, 0.5) is 18.9 Å². The zero-order chi connectivity index (χ0) is 27.2. The number of sulfonamides is 1. The van der Waals surface area contributed by atoms with Crippen LogP contribution in [-0.2, 0) is 21.0 Å². The lowest BCUT2D eigenvalue weighted by Gasteiger charge is -2.35. The summed E-state index contributed by atoms with van der Waals surface area (Å²) in [6.07, 6.45) is -0.582. The number of amides is 1. The average Bonchev–Trinajstić information content (AvgIpc) is 2.92. The molecule has 6 nitrogen and oxygen atoms in total. The lowest BCUT2D eigenvalue weighted by Crippen LogP contribution is -2.51. The van der Waals surface area contributed by atoms with E-state index in [9.17, 15) is 26.4 Å². The Labute approximate surface area is 220 Å². The van der Waals surface area contributed by atoms with Gasteiger partial charge < -0.3 is 4.90 Å². The van der Waals surface area contributed by atoms with Crippen LogP contribution in [0.15, 0.2) is 95.9 Å². The zero-order valence-electron chi connectivity index (χ0n) is 20.6. The first-order valence-corrected chi connectivity index (χ1v) is 13.6. The highest BCUT2D eigenvalue weighted by molar-refractivity contribution is 7.92. The highest BCUT2D eigenvalue weighted by Crippen LogP contribution is 2.33. The first-order valence-electron chi connectivity index (χ1n) is 12.1. The third-order valence-corrected chi connectivity index (χ3v) is 8.06. The minimum absolute atomic E-state index is 0.111. The van der Waals surface area contributed by atoms with Gasteiger partial charge in [-0.15, -0.1) is 0 Å². The summed E-state index contributed by atoms with van der Waals surface area (Å²) in [4.78, 5) is 16.8. The van der Waals surface area contributed by atoms with E-state index in [0.29, 0.717) is 32.7 Å². The SMILES string of the molecule is O=C(CN(c1cccc(C(F)(F)F)c1)S(=O)(=O)c1ccccc1)N1CCN(C/C=C/c2ccccc2)CC1. The molecule has 10 heteroatoms. The third kappa shape index (κ3) is 6.81. The number of benzene rings is 3. The van der Waals surface area contributed by atoms with E-state index in [1.165, 1.54) is 30.3 Å². The molecule has 0 radical (unpaired) electrons. The quantitative estimate of drug-likeness (QED) is 0.411. The van der Waals surface area contributed by atoms with E-state index >= 15 is 0 Å². The van der Waals surface area contributed by atoms with E-state index in [4.69, 9.17) is 0 Å². The predicted molar refractivity (Wildman–Crippen MR) is 141 cm³/mol. The van der Waals surface area contributed by atoms with Gasteiger partial charge in [-0.3, -0.25) is 14.0 Å². The number of rotatable bonds is 8. The number of piperazine rings is 1. The van der Waals surface area contributed by atoms with E-state index in [2.05, 4.69) is 11.0 Å². The normalized spacial score (nSPS) is 15.1. The summed E-state index contributed by atoms with van der Waals surface area (Å²) in [7, 11) is -4.30. The number of hydrogen-bond donors (Lipinski definition) is 0. The number of nitrogens with zero attached hydrogens (tertiary/aromatic N) is 3. The standard InChI is InChI=1S/C28H28F3N3O3S/c29-28(30,31)24-12-7-13-25(21-24)34(38(36,37)26-14-5-2-6-15-26)22-27(35)33-19-17-32(18-20-33)16-8-11-23-9-3-1-4-10-23/h1-15,21H,16-20,22H2/b11-8+. The fourth-order valence-corrected chi connectivity index (χ4v) is 5.60. The van der Waals surface area contributed by atoms with E-state index in [-0.39, 0.29) is 10.6 Å². The average molecular weight is 544 g/mol. The maximum Gasteiger partial charge on any atom is 0.416 e. The fraction of sp³-hybridized carbons (Fsp3) is 0.250. The van der Waals surface area contributed by atoms with Crippen LogP contribution in [0.3, 0.4) is 0 Å². The van der Waals surface area contributed by atoms with Crippen molar-refractivity contribution in [2.24, 2.45) is 0 Å². The highest BCUT2D eigenvalue weighted by Gasteiger charge is 2.34. The predicted octanol–water partition coefficient (Wildman–Crippen LogP) is 4.76. The van der Waals surface area contributed by atoms with Gasteiger partial charge >= 0.3 is 6.18 Å². The van der Waals surface area contributed by atoms with Crippen LogP contribution in [-0.4, -0.2) is 63.4 Å². The molecule has 38 heavy (non-hydrogen) atoms. The summed E-state index contributed by atoms with van der Waals surface area (Å²) in [5, 5.41) is 0. The molecule has 0 spiro atoms. The largest absolute Gasteiger partial charge is 0.416 e.